The molecule has 0 radical (unpaired) electrons. The van der Waals surface area contributed by atoms with Gasteiger partial charge in [-0.1, -0.05) is 36.4 Å². The first-order valence-electron chi connectivity index (χ1n) is 6.34. The Morgan fingerprint density at radius 3 is 2.63 bits per heavy atom. The number of fused-ring (bicyclic) bond motifs is 1. The van der Waals surface area contributed by atoms with E-state index >= 15 is 0 Å². The van der Waals surface area contributed by atoms with Gasteiger partial charge in [-0.05, 0) is 18.4 Å². The number of carboxylic acid groups (broad SMARTS) is 1. The van der Waals surface area contributed by atoms with Crippen molar-refractivity contribution in [2.45, 2.75) is 13.0 Å². The highest BCUT2D eigenvalue weighted by molar-refractivity contribution is 5.94. The Morgan fingerprint density at radius 1 is 1.26 bits per heavy atom. The highest BCUT2D eigenvalue weighted by atomic mass is 16.4. The molecule has 4 heteroatoms. The number of carboxylic acids is 1. The van der Waals surface area contributed by atoms with Gasteiger partial charge in [-0.25, -0.2) is 0 Å². The maximum atomic E-state index is 10.9. The molecule has 0 heterocycles. The van der Waals surface area contributed by atoms with Crippen LogP contribution in [0.2, 0.25) is 0 Å². The van der Waals surface area contributed by atoms with Crippen molar-refractivity contribution in [3.8, 4) is 0 Å². The van der Waals surface area contributed by atoms with E-state index in [1.807, 2.05) is 54.3 Å². The molecule has 0 aromatic heterocycles. The van der Waals surface area contributed by atoms with Crippen molar-refractivity contribution in [1.82, 2.24) is 0 Å². The highest BCUT2D eigenvalue weighted by Gasteiger charge is 2.17. The second-order valence-corrected chi connectivity index (χ2v) is 4.48. The van der Waals surface area contributed by atoms with E-state index in [0.717, 1.165) is 23.0 Å². The molecule has 0 bridgehead atoms. The van der Waals surface area contributed by atoms with Crippen molar-refractivity contribution in [2.75, 3.05) is 18.0 Å². The number of hydrogen-bond donors (Lipinski definition) is 2. The zero-order valence-electron chi connectivity index (χ0n) is 10.9. The first kappa shape index (κ1) is 13.4. The molecular weight excluding hydrogens is 240 g/mol. The second kappa shape index (κ2) is 5.71. The molecule has 0 saturated carbocycles. The van der Waals surface area contributed by atoms with Gasteiger partial charge >= 0.3 is 5.97 Å². The van der Waals surface area contributed by atoms with Crippen LogP contribution in [-0.4, -0.2) is 30.2 Å². The smallest absolute Gasteiger partial charge is 0.322 e. The molecule has 100 valence electrons. The van der Waals surface area contributed by atoms with Crippen LogP contribution in [0.5, 0.6) is 0 Å². The van der Waals surface area contributed by atoms with E-state index in [4.69, 9.17) is 10.8 Å². The van der Waals surface area contributed by atoms with Crippen LogP contribution in [0.1, 0.15) is 6.92 Å². The lowest BCUT2D eigenvalue weighted by Crippen LogP contribution is -2.42. The number of nitrogens with zero attached hydrogens (tertiary/aromatic N) is 1. The molecular formula is C15H18N2O2. The molecule has 2 aromatic rings. The van der Waals surface area contributed by atoms with Gasteiger partial charge in [-0.2, -0.15) is 0 Å². The van der Waals surface area contributed by atoms with E-state index in [9.17, 15) is 4.79 Å². The lowest BCUT2D eigenvalue weighted by molar-refractivity contribution is -0.138. The Bertz CT molecular complexity index is 578. The van der Waals surface area contributed by atoms with Gasteiger partial charge in [-0.15, -0.1) is 0 Å². The van der Waals surface area contributed by atoms with Crippen molar-refractivity contribution < 1.29 is 9.90 Å². The number of hydrogen-bond acceptors (Lipinski definition) is 3. The fourth-order valence-electron chi connectivity index (χ4n) is 2.20. The van der Waals surface area contributed by atoms with Crippen LogP contribution >= 0.6 is 0 Å². The normalized spacial score (nSPS) is 12.3. The predicted octanol–water partition coefficient (Wildman–Crippen LogP) is 2.08. The number of carbonyl (C=O) groups is 1. The fourth-order valence-corrected chi connectivity index (χ4v) is 2.20. The van der Waals surface area contributed by atoms with E-state index in [1.54, 1.807) is 0 Å². The van der Waals surface area contributed by atoms with E-state index < -0.39 is 12.0 Å². The molecule has 0 amide bonds. The van der Waals surface area contributed by atoms with Gasteiger partial charge in [0.2, 0.25) is 0 Å². The quantitative estimate of drug-likeness (QED) is 0.861. The van der Waals surface area contributed by atoms with E-state index in [2.05, 4.69) is 0 Å². The molecule has 1 unspecified atom stereocenters. The lowest BCUT2D eigenvalue weighted by atomic mass is 10.1. The third-order valence-electron chi connectivity index (χ3n) is 3.22. The van der Waals surface area contributed by atoms with Crippen LogP contribution in [-0.2, 0) is 4.79 Å². The van der Waals surface area contributed by atoms with Crippen molar-refractivity contribution in [3.63, 3.8) is 0 Å². The minimum atomic E-state index is -0.973. The number of rotatable bonds is 5. The molecule has 2 rings (SSSR count). The molecule has 3 N–H and O–H groups in total. The maximum absolute atomic E-state index is 10.9. The lowest BCUT2D eigenvalue weighted by Gasteiger charge is -2.26. The maximum Gasteiger partial charge on any atom is 0.322 e. The Labute approximate surface area is 112 Å². The molecule has 19 heavy (non-hydrogen) atoms. The van der Waals surface area contributed by atoms with Crippen molar-refractivity contribution >= 4 is 22.4 Å². The largest absolute Gasteiger partial charge is 0.480 e. The minimum absolute atomic E-state index is 0.305. The Balaban J connectivity index is 2.38. The van der Waals surface area contributed by atoms with Gasteiger partial charge in [0.15, 0.2) is 0 Å². The summed E-state index contributed by atoms with van der Waals surface area (Å²) in [6.45, 7) is 3.02. The first-order valence-corrected chi connectivity index (χ1v) is 6.34. The number of anilines is 1. The summed E-state index contributed by atoms with van der Waals surface area (Å²) in [6, 6.07) is 13.2. The topological polar surface area (TPSA) is 66.6 Å². The second-order valence-electron chi connectivity index (χ2n) is 4.48. The van der Waals surface area contributed by atoms with Crippen molar-refractivity contribution in [1.29, 1.82) is 0 Å². The zero-order valence-corrected chi connectivity index (χ0v) is 10.9. The zero-order chi connectivity index (χ0) is 13.8. The van der Waals surface area contributed by atoms with Gasteiger partial charge in [-0.3, -0.25) is 4.79 Å². The Kier molecular flexibility index (Phi) is 4.02. The predicted molar refractivity (Wildman–Crippen MR) is 77.4 cm³/mol. The molecule has 0 spiro atoms. The monoisotopic (exact) mass is 258 g/mol. The summed E-state index contributed by atoms with van der Waals surface area (Å²) in [6.07, 6.45) is 0. The molecule has 0 aliphatic heterocycles. The number of aliphatic carboxylic acids is 1. The molecule has 2 aromatic carbocycles. The molecule has 0 saturated heterocycles. The molecule has 4 nitrogen and oxygen atoms in total. The molecule has 0 aliphatic rings. The van der Waals surface area contributed by atoms with Gasteiger partial charge in [0, 0.05) is 24.2 Å². The van der Waals surface area contributed by atoms with Crippen LogP contribution in [0.25, 0.3) is 10.8 Å². The summed E-state index contributed by atoms with van der Waals surface area (Å²) in [5, 5.41) is 11.2. The third-order valence-corrected chi connectivity index (χ3v) is 3.22. The number of nitrogens with two attached hydrogens (primary N) is 1. The highest BCUT2D eigenvalue weighted by Crippen LogP contribution is 2.26. The summed E-state index contributed by atoms with van der Waals surface area (Å²) in [5.41, 5.74) is 6.66. The van der Waals surface area contributed by atoms with Crippen molar-refractivity contribution in [2.24, 2.45) is 5.73 Å². The van der Waals surface area contributed by atoms with Crippen LogP contribution in [0.4, 0.5) is 5.69 Å². The van der Waals surface area contributed by atoms with Gasteiger partial charge in [0.05, 0.1) is 0 Å². The van der Waals surface area contributed by atoms with Crippen LogP contribution in [0.3, 0.4) is 0 Å². The molecule has 0 fully saturated rings. The van der Waals surface area contributed by atoms with Gasteiger partial charge in [0.1, 0.15) is 6.04 Å². The van der Waals surface area contributed by atoms with Crippen molar-refractivity contribution in [3.05, 3.63) is 42.5 Å². The van der Waals surface area contributed by atoms with E-state index in [-0.39, 0.29) is 0 Å². The summed E-state index contributed by atoms with van der Waals surface area (Å²) in [5.74, 6) is -0.973. The Morgan fingerprint density at radius 2 is 1.95 bits per heavy atom. The third kappa shape index (κ3) is 2.85. The van der Waals surface area contributed by atoms with Gasteiger partial charge in [0.25, 0.3) is 0 Å². The summed E-state index contributed by atoms with van der Waals surface area (Å²) in [4.78, 5) is 12.9. The summed E-state index contributed by atoms with van der Waals surface area (Å²) in [7, 11) is 0. The molecule has 1 atom stereocenters. The van der Waals surface area contributed by atoms with Gasteiger partial charge < -0.3 is 15.7 Å². The SMILES string of the molecule is CCN(CC(N)C(=O)O)c1cccc2ccccc12. The summed E-state index contributed by atoms with van der Waals surface area (Å²) >= 11 is 0. The summed E-state index contributed by atoms with van der Waals surface area (Å²) < 4.78 is 0. The number of likely N-dealkylation sites (N-methyl/N-ethyl adjacent to an activating group) is 1. The van der Waals surface area contributed by atoms with E-state index in [1.165, 1.54) is 0 Å². The fraction of sp³-hybridized carbons (Fsp3) is 0.267. The average Bonchev–Trinajstić information content (AvgIpc) is 2.44. The standard InChI is InChI=1S/C15H18N2O2/c1-2-17(10-13(16)15(18)19)14-9-5-7-11-6-3-4-8-12(11)14/h3-9,13H,2,10,16H2,1H3,(H,18,19). The first-order chi connectivity index (χ1) is 9.13. The average molecular weight is 258 g/mol. The van der Waals surface area contributed by atoms with Crippen LogP contribution in [0.15, 0.2) is 42.5 Å². The molecule has 0 aliphatic carbocycles. The number of benzene rings is 2. The van der Waals surface area contributed by atoms with Crippen LogP contribution in [0, 0.1) is 0 Å². The van der Waals surface area contributed by atoms with Crippen LogP contribution < -0.4 is 10.6 Å². The minimum Gasteiger partial charge on any atom is -0.480 e. The Hall–Kier alpha value is -2.07. The van der Waals surface area contributed by atoms with E-state index in [0.29, 0.717) is 6.54 Å².